The number of methoxy groups -OCH3 is 1. The first-order valence-electron chi connectivity index (χ1n) is 12.1. The third-order valence-corrected chi connectivity index (χ3v) is 8.39. The maximum absolute atomic E-state index is 13.2. The van der Waals surface area contributed by atoms with E-state index in [-0.39, 0.29) is 18.1 Å². The maximum atomic E-state index is 13.2. The highest BCUT2D eigenvalue weighted by Gasteiger charge is 2.50. The van der Waals surface area contributed by atoms with Gasteiger partial charge in [0.2, 0.25) is 0 Å². The Labute approximate surface area is 220 Å². The van der Waals surface area contributed by atoms with E-state index in [1.54, 1.807) is 62.4 Å². The monoisotopic (exact) mass is 534 g/mol. The molecule has 37 heavy (non-hydrogen) atoms. The summed E-state index contributed by atoms with van der Waals surface area (Å²) in [5, 5.41) is 10.1. The zero-order valence-electron chi connectivity index (χ0n) is 22.6. The van der Waals surface area contributed by atoms with Crippen LogP contribution in [0.1, 0.15) is 46.6 Å². The number of amides is 1. The normalized spacial score (nSPS) is 17.2. The Morgan fingerprint density at radius 3 is 2.19 bits per heavy atom. The van der Waals surface area contributed by atoms with Gasteiger partial charge in [0, 0.05) is 18.7 Å². The van der Waals surface area contributed by atoms with Crippen molar-refractivity contribution in [3.05, 3.63) is 54.1 Å². The second kappa shape index (κ2) is 10.5. The zero-order valence-corrected chi connectivity index (χ0v) is 23.5. The molecule has 1 heterocycles. The van der Waals surface area contributed by atoms with Crippen molar-refractivity contribution < 1.29 is 32.5 Å². The van der Waals surface area contributed by atoms with Gasteiger partial charge in [-0.05, 0) is 77.3 Å². The molecule has 0 aliphatic carbocycles. The molecular formula is C27H38N2O7S. The van der Waals surface area contributed by atoms with Crippen LogP contribution in [0.2, 0.25) is 0 Å². The van der Waals surface area contributed by atoms with Gasteiger partial charge in [0.1, 0.15) is 5.75 Å². The first-order valence-corrected chi connectivity index (χ1v) is 13.6. The fraction of sp³-hybridized carbons (Fsp3) is 0.519. The molecule has 2 aromatic rings. The molecule has 1 amide bonds. The lowest BCUT2D eigenvalue weighted by atomic mass is 9.86. The van der Waals surface area contributed by atoms with Crippen LogP contribution >= 0.6 is 0 Å². The number of hydrogen-bond acceptors (Lipinski definition) is 6. The largest absolute Gasteiger partial charge is 0.497 e. The van der Waals surface area contributed by atoms with Gasteiger partial charge in [0.05, 0.1) is 36.4 Å². The fourth-order valence-corrected chi connectivity index (χ4v) is 5.78. The molecule has 0 unspecified atom stereocenters. The van der Waals surface area contributed by atoms with Crippen LogP contribution in [0.3, 0.4) is 0 Å². The number of ether oxygens (including phenoxy) is 3. The van der Waals surface area contributed by atoms with Crippen molar-refractivity contribution >= 4 is 21.8 Å². The zero-order chi connectivity index (χ0) is 27.6. The van der Waals surface area contributed by atoms with Crippen molar-refractivity contribution in [2.75, 3.05) is 31.7 Å². The summed E-state index contributed by atoms with van der Waals surface area (Å²) in [5.74, 6) is -0.232. The number of aryl methyl sites for hydroxylation is 1. The number of benzene rings is 2. The minimum atomic E-state index is -3.79. The summed E-state index contributed by atoms with van der Waals surface area (Å²) in [7, 11) is -0.759. The van der Waals surface area contributed by atoms with E-state index in [0.717, 1.165) is 5.56 Å². The first-order chi connectivity index (χ1) is 17.1. The molecule has 3 rings (SSSR count). The van der Waals surface area contributed by atoms with Crippen molar-refractivity contribution in [2.24, 2.45) is 0 Å². The highest BCUT2D eigenvalue weighted by molar-refractivity contribution is 7.92. The third-order valence-electron chi connectivity index (χ3n) is 6.59. The maximum Gasteiger partial charge on any atom is 0.408 e. The molecule has 1 aliphatic heterocycles. The van der Waals surface area contributed by atoms with Gasteiger partial charge in [0.25, 0.3) is 10.0 Å². The first kappa shape index (κ1) is 28.7. The van der Waals surface area contributed by atoms with E-state index < -0.39 is 33.0 Å². The number of carbonyl (C=O) groups is 1. The Balaban J connectivity index is 1.82. The Morgan fingerprint density at radius 2 is 1.68 bits per heavy atom. The summed E-state index contributed by atoms with van der Waals surface area (Å²) in [4.78, 5) is 13.9. The lowest BCUT2D eigenvalue weighted by molar-refractivity contribution is -0.289. The molecule has 10 heteroatoms. The van der Waals surface area contributed by atoms with Gasteiger partial charge in [-0.3, -0.25) is 9.21 Å². The lowest BCUT2D eigenvalue weighted by Crippen LogP contribution is -2.67. The van der Waals surface area contributed by atoms with Crippen molar-refractivity contribution in [1.29, 1.82) is 0 Å². The molecule has 0 aromatic heterocycles. The topological polar surface area (TPSA) is 106 Å². The van der Waals surface area contributed by atoms with E-state index in [4.69, 9.17) is 14.2 Å². The standard InChI is InChI=1S/C27H38N2O7S/c1-25(2,3)29(24(30)31)27(18-35-26(4,5)36-19-27)16-15-20-11-13-23(14-12-20)37(32,33)28(6)21-9-8-10-22(17-21)34-7/h8-14,17H,15-16,18-19H2,1-7H3,(H,30,31). The van der Waals surface area contributed by atoms with Gasteiger partial charge in [-0.2, -0.15) is 0 Å². The van der Waals surface area contributed by atoms with E-state index >= 15 is 0 Å². The molecule has 0 radical (unpaired) electrons. The van der Waals surface area contributed by atoms with Crippen LogP contribution in [0, 0.1) is 0 Å². The molecule has 204 valence electrons. The lowest BCUT2D eigenvalue weighted by Gasteiger charge is -2.53. The fourth-order valence-electron chi connectivity index (χ4n) is 4.59. The Hall–Kier alpha value is -2.82. The van der Waals surface area contributed by atoms with Gasteiger partial charge < -0.3 is 19.3 Å². The molecule has 2 aromatic carbocycles. The summed E-state index contributed by atoms with van der Waals surface area (Å²) in [6, 6.07) is 13.5. The summed E-state index contributed by atoms with van der Waals surface area (Å²) in [5.41, 5.74) is -0.201. The average Bonchev–Trinajstić information content (AvgIpc) is 2.83. The molecule has 1 saturated heterocycles. The van der Waals surface area contributed by atoms with Crippen LogP contribution in [0.4, 0.5) is 10.5 Å². The number of hydrogen-bond donors (Lipinski definition) is 1. The van der Waals surface area contributed by atoms with Crippen LogP contribution in [-0.2, 0) is 25.9 Å². The highest BCUT2D eigenvalue weighted by Crippen LogP contribution is 2.36. The number of carboxylic acid groups (broad SMARTS) is 1. The summed E-state index contributed by atoms with van der Waals surface area (Å²) in [6.45, 7) is 9.55. The van der Waals surface area contributed by atoms with Crippen molar-refractivity contribution in [3.63, 3.8) is 0 Å². The molecular weight excluding hydrogens is 496 g/mol. The number of sulfonamides is 1. The van der Waals surface area contributed by atoms with E-state index in [1.807, 2.05) is 20.8 Å². The van der Waals surface area contributed by atoms with Crippen LogP contribution in [-0.4, -0.2) is 68.8 Å². The summed E-state index contributed by atoms with van der Waals surface area (Å²) >= 11 is 0. The Morgan fingerprint density at radius 1 is 1.08 bits per heavy atom. The number of nitrogens with zero attached hydrogens (tertiary/aromatic N) is 2. The van der Waals surface area contributed by atoms with Gasteiger partial charge in [-0.25, -0.2) is 13.2 Å². The molecule has 0 spiro atoms. The predicted octanol–water partition coefficient (Wildman–Crippen LogP) is 4.75. The molecule has 1 aliphatic rings. The van der Waals surface area contributed by atoms with Crippen LogP contribution in [0.5, 0.6) is 5.75 Å². The van der Waals surface area contributed by atoms with E-state index in [0.29, 0.717) is 24.3 Å². The number of rotatable bonds is 8. The van der Waals surface area contributed by atoms with Crippen LogP contribution in [0.15, 0.2) is 53.4 Å². The summed E-state index contributed by atoms with van der Waals surface area (Å²) < 4.78 is 44.7. The van der Waals surface area contributed by atoms with Crippen molar-refractivity contribution in [3.8, 4) is 5.75 Å². The molecule has 9 nitrogen and oxygen atoms in total. The van der Waals surface area contributed by atoms with Crippen LogP contribution in [0.25, 0.3) is 0 Å². The van der Waals surface area contributed by atoms with Gasteiger partial charge in [-0.1, -0.05) is 18.2 Å². The van der Waals surface area contributed by atoms with Gasteiger partial charge >= 0.3 is 6.09 Å². The van der Waals surface area contributed by atoms with E-state index in [9.17, 15) is 18.3 Å². The molecule has 0 atom stereocenters. The predicted molar refractivity (Wildman–Crippen MR) is 142 cm³/mol. The van der Waals surface area contributed by atoms with Crippen molar-refractivity contribution in [2.45, 2.75) is 69.2 Å². The SMILES string of the molecule is COc1cccc(N(C)S(=O)(=O)c2ccc(CCC3(N(C(=O)O)C(C)(C)C)COC(C)(C)OC3)cc2)c1. The average molecular weight is 535 g/mol. The van der Waals surface area contributed by atoms with Gasteiger partial charge in [0.15, 0.2) is 5.79 Å². The minimum absolute atomic E-state index is 0.157. The van der Waals surface area contributed by atoms with E-state index in [2.05, 4.69) is 0 Å². The Bertz CT molecular complexity index is 1190. The highest BCUT2D eigenvalue weighted by atomic mass is 32.2. The van der Waals surface area contributed by atoms with E-state index in [1.165, 1.54) is 23.4 Å². The van der Waals surface area contributed by atoms with Crippen molar-refractivity contribution in [1.82, 2.24) is 4.90 Å². The second-order valence-electron chi connectivity index (χ2n) is 10.8. The molecule has 1 fully saturated rings. The molecule has 1 N–H and O–H groups in total. The van der Waals surface area contributed by atoms with Gasteiger partial charge in [-0.15, -0.1) is 0 Å². The minimum Gasteiger partial charge on any atom is -0.497 e. The second-order valence-corrected chi connectivity index (χ2v) is 12.8. The smallest absolute Gasteiger partial charge is 0.408 e. The quantitative estimate of drug-likeness (QED) is 0.521. The third kappa shape index (κ3) is 6.37. The van der Waals surface area contributed by atoms with Crippen LogP contribution < -0.4 is 9.04 Å². The number of anilines is 1. The molecule has 0 bridgehead atoms. The summed E-state index contributed by atoms with van der Waals surface area (Å²) in [6.07, 6.45) is -0.0805. The molecule has 0 saturated carbocycles. The Kier molecular flexibility index (Phi) is 8.16.